The normalized spacial score (nSPS) is 11.1. The van der Waals surface area contributed by atoms with E-state index in [0.717, 1.165) is 6.42 Å². The predicted octanol–water partition coefficient (Wildman–Crippen LogP) is 4.59. The summed E-state index contributed by atoms with van der Waals surface area (Å²) < 4.78 is 33.2. The quantitative estimate of drug-likeness (QED) is 0.488. The largest absolute Gasteiger partial charge is 0.494 e. The summed E-state index contributed by atoms with van der Waals surface area (Å²) in [5.74, 6) is 0.534. The Kier molecular flexibility index (Phi) is 7.89. The molecule has 0 heterocycles. The first-order chi connectivity index (χ1) is 15.4. The summed E-state index contributed by atoms with van der Waals surface area (Å²) >= 11 is 0. The summed E-state index contributed by atoms with van der Waals surface area (Å²) in [5, 5.41) is 0. The van der Waals surface area contributed by atoms with Gasteiger partial charge in [0.2, 0.25) is 0 Å². The van der Waals surface area contributed by atoms with Gasteiger partial charge in [0.05, 0.1) is 11.5 Å². The van der Waals surface area contributed by atoms with Crippen molar-refractivity contribution in [3.8, 4) is 5.75 Å². The molecule has 0 aromatic heterocycles. The maximum atomic E-state index is 12.9. The van der Waals surface area contributed by atoms with Crippen LogP contribution in [0, 0.1) is 0 Å². The molecule has 3 rings (SSSR count). The average Bonchev–Trinajstić information content (AvgIpc) is 2.81. The minimum absolute atomic E-state index is 0.0793. The molecule has 3 aromatic carbocycles. The number of anilines is 1. The van der Waals surface area contributed by atoms with Crippen LogP contribution in [0.3, 0.4) is 0 Å². The third-order valence-electron chi connectivity index (χ3n) is 5.01. The fourth-order valence-corrected chi connectivity index (χ4v) is 4.33. The first-order valence-corrected chi connectivity index (χ1v) is 12.1. The molecule has 0 aliphatic heterocycles. The van der Waals surface area contributed by atoms with Gasteiger partial charge < -0.3 is 9.64 Å². The van der Waals surface area contributed by atoms with E-state index in [4.69, 9.17) is 4.74 Å². The summed E-state index contributed by atoms with van der Waals surface area (Å²) in [6.07, 6.45) is 0.778. The zero-order chi connectivity index (χ0) is 23.0. The Labute approximate surface area is 189 Å². The van der Waals surface area contributed by atoms with Crippen LogP contribution in [0.2, 0.25) is 0 Å². The number of ether oxygens (including phenoxy) is 1. The van der Waals surface area contributed by atoms with E-state index < -0.39 is 10.0 Å². The number of hydrogen-bond donors (Lipinski definition) is 1. The van der Waals surface area contributed by atoms with Crippen molar-refractivity contribution in [2.24, 2.45) is 0 Å². The van der Waals surface area contributed by atoms with Gasteiger partial charge in [0.1, 0.15) is 5.75 Å². The highest BCUT2D eigenvalue weighted by molar-refractivity contribution is 7.92. The highest BCUT2D eigenvalue weighted by Crippen LogP contribution is 2.20. The van der Waals surface area contributed by atoms with Gasteiger partial charge in [-0.05, 0) is 74.4 Å². The fraction of sp³-hybridized carbons (Fsp3) is 0.240. The minimum atomic E-state index is -3.74. The molecule has 1 amide bonds. The number of hydrogen-bond acceptors (Lipinski definition) is 4. The average molecular weight is 453 g/mol. The van der Waals surface area contributed by atoms with Gasteiger partial charge in [0.15, 0.2) is 0 Å². The van der Waals surface area contributed by atoms with Crippen LogP contribution < -0.4 is 9.46 Å². The monoisotopic (exact) mass is 452 g/mol. The van der Waals surface area contributed by atoms with E-state index in [9.17, 15) is 13.2 Å². The highest BCUT2D eigenvalue weighted by atomic mass is 32.2. The molecule has 0 fully saturated rings. The number of nitrogens with one attached hydrogen (secondary N) is 1. The number of rotatable bonds is 10. The second-order valence-electron chi connectivity index (χ2n) is 7.21. The summed E-state index contributed by atoms with van der Waals surface area (Å²) in [6, 6.07) is 22.8. The lowest BCUT2D eigenvalue weighted by molar-refractivity contribution is 0.0766. The lowest BCUT2D eigenvalue weighted by atomic mass is 10.1. The molecule has 6 nitrogen and oxygen atoms in total. The van der Waals surface area contributed by atoms with Gasteiger partial charge in [-0.2, -0.15) is 0 Å². The van der Waals surface area contributed by atoms with E-state index in [1.165, 1.54) is 17.7 Å². The molecule has 32 heavy (non-hydrogen) atoms. The van der Waals surface area contributed by atoms with E-state index in [1.54, 1.807) is 41.3 Å². The van der Waals surface area contributed by atoms with Gasteiger partial charge in [-0.3, -0.25) is 9.52 Å². The molecule has 0 aliphatic carbocycles. The molecule has 0 saturated heterocycles. The zero-order valence-electron chi connectivity index (χ0n) is 18.3. The van der Waals surface area contributed by atoms with Crippen LogP contribution in [0.15, 0.2) is 83.8 Å². The van der Waals surface area contributed by atoms with Gasteiger partial charge in [0.25, 0.3) is 15.9 Å². The smallest absolute Gasteiger partial charge is 0.261 e. The van der Waals surface area contributed by atoms with Crippen LogP contribution >= 0.6 is 0 Å². The lowest BCUT2D eigenvalue weighted by Gasteiger charge is -2.21. The van der Waals surface area contributed by atoms with Crippen molar-refractivity contribution in [2.75, 3.05) is 24.4 Å². The van der Waals surface area contributed by atoms with Crippen LogP contribution in [0.4, 0.5) is 5.69 Å². The van der Waals surface area contributed by atoms with E-state index in [0.29, 0.717) is 36.7 Å². The summed E-state index contributed by atoms with van der Waals surface area (Å²) in [5.41, 5.74) is 2.09. The fourth-order valence-electron chi connectivity index (χ4n) is 3.27. The van der Waals surface area contributed by atoms with Crippen molar-refractivity contribution in [1.82, 2.24) is 4.90 Å². The van der Waals surface area contributed by atoms with Gasteiger partial charge in [0, 0.05) is 24.3 Å². The maximum absolute atomic E-state index is 12.9. The Bertz CT molecular complexity index is 1110. The second kappa shape index (κ2) is 10.8. The molecule has 0 aliphatic rings. The maximum Gasteiger partial charge on any atom is 0.261 e. The molecule has 0 atom stereocenters. The van der Waals surface area contributed by atoms with Gasteiger partial charge in [-0.25, -0.2) is 8.42 Å². The van der Waals surface area contributed by atoms with Crippen molar-refractivity contribution in [3.05, 3.63) is 90.0 Å². The number of nitrogens with zero attached hydrogens (tertiary/aromatic N) is 1. The van der Waals surface area contributed by atoms with Crippen LogP contribution in [0.1, 0.15) is 29.8 Å². The Morgan fingerprint density at radius 1 is 0.906 bits per heavy atom. The Morgan fingerprint density at radius 3 is 2.16 bits per heavy atom. The lowest BCUT2D eigenvalue weighted by Crippen LogP contribution is -2.32. The topological polar surface area (TPSA) is 75.7 Å². The van der Waals surface area contributed by atoms with Crippen molar-refractivity contribution >= 4 is 21.6 Å². The van der Waals surface area contributed by atoms with Crippen LogP contribution in [0.5, 0.6) is 5.75 Å². The zero-order valence-corrected chi connectivity index (χ0v) is 19.1. The van der Waals surface area contributed by atoms with Crippen LogP contribution in [-0.2, 0) is 16.4 Å². The van der Waals surface area contributed by atoms with Crippen molar-refractivity contribution in [1.29, 1.82) is 0 Å². The summed E-state index contributed by atoms with van der Waals surface area (Å²) in [6.45, 7) is 5.53. The van der Waals surface area contributed by atoms with Gasteiger partial charge >= 0.3 is 0 Å². The summed E-state index contributed by atoms with van der Waals surface area (Å²) in [7, 11) is -3.74. The molecule has 1 N–H and O–H groups in total. The van der Waals surface area contributed by atoms with Gasteiger partial charge in [-0.1, -0.05) is 30.3 Å². The van der Waals surface area contributed by atoms with E-state index >= 15 is 0 Å². The van der Waals surface area contributed by atoms with Crippen molar-refractivity contribution in [2.45, 2.75) is 25.2 Å². The van der Waals surface area contributed by atoms with Crippen LogP contribution in [0.25, 0.3) is 0 Å². The standard InChI is InChI=1S/C25H28N2O4S/c1-3-27(19-18-20-8-6-5-7-9-20)25(28)21-10-12-22(13-11-21)26-32(29,30)24-16-14-23(15-17-24)31-4-2/h5-17,26H,3-4,18-19H2,1-2H3. The molecule has 3 aromatic rings. The first-order valence-electron chi connectivity index (χ1n) is 10.6. The molecule has 168 valence electrons. The third-order valence-corrected chi connectivity index (χ3v) is 6.41. The molecule has 0 radical (unpaired) electrons. The molecule has 0 unspecified atom stereocenters. The number of amides is 1. The molecule has 0 bridgehead atoms. The number of carbonyl (C=O) groups is 1. The summed E-state index contributed by atoms with van der Waals surface area (Å²) in [4.78, 5) is 14.8. The van der Waals surface area contributed by atoms with Crippen molar-refractivity contribution < 1.29 is 17.9 Å². The molecular formula is C25H28N2O4S. The van der Waals surface area contributed by atoms with E-state index in [-0.39, 0.29) is 10.8 Å². The van der Waals surface area contributed by atoms with E-state index in [1.807, 2.05) is 44.2 Å². The molecule has 0 spiro atoms. The highest BCUT2D eigenvalue weighted by Gasteiger charge is 2.17. The number of carbonyl (C=O) groups excluding carboxylic acids is 1. The Hall–Kier alpha value is -3.32. The third kappa shape index (κ3) is 6.11. The Morgan fingerprint density at radius 2 is 1.56 bits per heavy atom. The second-order valence-corrected chi connectivity index (χ2v) is 8.89. The molecule has 7 heteroatoms. The minimum Gasteiger partial charge on any atom is -0.494 e. The van der Waals surface area contributed by atoms with Crippen LogP contribution in [-0.4, -0.2) is 38.9 Å². The molecular weight excluding hydrogens is 424 g/mol. The van der Waals surface area contributed by atoms with Gasteiger partial charge in [-0.15, -0.1) is 0 Å². The first kappa shape index (κ1) is 23.3. The Balaban J connectivity index is 1.64. The number of sulfonamides is 1. The molecule has 0 saturated carbocycles. The van der Waals surface area contributed by atoms with Crippen molar-refractivity contribution in [3.63, 3.8) is 0 Å². The number of benzene rings is 3. The SMILES string of the molecule is CCOc1ccc(S(=O)(=O)Nc2ccc(C(=O)N(CC)CCc3ccccc3)cc2)cc1. The predicted molar refractivity (Wildman–Crippen MR) is 127 cm³/mol. The number of likely N-dealkylation sites (N-methyl/N-ethyl adjacent to an activating group) is 1. The van der Waals surface area contributed by atoms with E-state index in [2.05, 4.69) is 4.72 Å².